The van der Waals surface area contributed by atoms with Gasteiger partial charge in [-0.25, -0.2) is 4.79 Å². The third-order valence-electron chi connectivity index (χ3n) is 5.20. The Hall–Kier alpha value is -0.770. The zero-order chi connectivity index (χ0) is 16.3. The molecule has 0 aromatic carbocycles. The van der Waals surface area contributed by atoms with Crippen LogP contribution in [0.2, 0.25) is 0 Å². The van der Waals surface area contributed by atoms with Crippen LogP contribution in [0.4, 0.5) is 4.79 Å². The average molecular weight is 310 g/mol. The van der Waals surface area contributed by atoms with Gasteiger partial charge in [0.15, 0.2) is 0 Å². The van der Waals surface area contributed by atoms with E-state index in [1.54, 1.807) is 0 Å². The van der Waals surface area contributed by atoms with E-state index in [0.717, 1.165) is 18.4 Å². The monoisotopic (exact) mass is 310 g/mol. The van der Waals surface area contributed by atoms with Crippen LogP contribution < -0.4 is 10.6 Å². The van der Waals surface area contributed by atoms with Crippen LogP contribution >= 0.6 is 0 Å². The molecule has 0 aromatic rings. The lowest BCUT2D eigenvalue weighted by atomic mass is 9.78. The molecule has 0 spiro atoms. The van der Waals surface area contributed by atoms with E-state index < -0.39 is 5.60 Å². The fourth-order valence-corrected chi connectivity index (χ4v) is 3.44. The number of nitrogens with one attached hydrogen (secondary N) is 2. The molecule has 0 aromatic heterocycles. The van der Waals surface area contributed by atoms with Crippen molar-refractivity contribution in [3.8, 4) is 0 Å². The topological polar surface area (TPSA) is 50.4 Å². The summed E-state index contributed by atoms with van der Waals surface area (Å²) in [4.78, 5) is 12.0. The molecular weight excluding hydrogens is 276 g/mol. The molecule has 4 heteroatoms. The van der Waals surface area contributed by atoms with Gasteiger partial charge < -0.3 is 15.4 Å². The van der Waals surface area contributed by atoms with Gasteiger partial charge in [-0.15, -0.1) is 0 Å². The highest BCUT2D eigenvalue weighted by atomic mass is 16.6. The normalized spacial score (nSPS) is 30.7. The average Bonchev–Trinajstić information content (AvgIpc) is 3.21. The highest BCUT2D eigenvalue weighted by Crippen LogP contribution is 2.33. The second-order valence-corrected chi connectivity index (χ2v) is 8.37. The van der Waals surface area contributed by atoms with Crippen LogP contribution in [0.3, 0.4) is 0 Å². The lowest BCUT2D eigenvalue weighted by molar-refractivity contribution is 0.0494. The molecule has 2 N–H and O–H groups in total. The third kappa shape index (κ3) is 5.45. The molecule has 2 aliphatic rings. The number of hydrogen-bond acceptors (Lipinski definition) is 3. The number of carbonyl (C=O) groups excluding carboxylic acids is 1. The number of amides is 1. The van der Waals surface area contributed by atoms with Gasteiger partial charge in [0.25, 0.3) is 0 Å². The standard InChI is InChI=1S/C18H34N2O2/c1-12-7-6-8-15(13(12)2)19-11-16(14-9-10-14)20-17(21)22-18(3,4)5/h12-16,19H,6-11H2,1-5H3,(H,20,21). The van der Waals surface area contributed by atoms with Crippen molar-refractivity contribution in [2.75, 3.05) is 6.54 Å². The number of ether oxygens (including phenoxy) is 1. The molecule has 0 heterocycles. The largest absolute Gasteiger partial charge is 0.444 e. The molecule has 2 saturated carbocycles. The smallest absolute Gasteiger partial charge is 0.407 e. The van der Waals surface area contributed by atoms with E-state index in [1.165, 1.54) is 32.1 Å². The zero-order valence-electron chi connectivity index (χ0n) is 14.9. The summed E-state index contributed by atoms with van der Waals surface area (Å²) in [5.41, 5.74) is -0.432. The zero-order valence-corrected chi connectivity index (χ0v) is 14.9. The lowest BCUT2D eigenvalue weighted by Gasteiger charge is -2.36. The highest BCUT2D eigenvalue weighted by molar-refractivity contribution is 5.68. The van der Waals surface area contributed by atoms with Gasteiger partial charge in [0.05, 0.1) is 0 Å². The highest BCUT2D eigenvalue weighted by Gasteiger charge is 2.34. The molecule has 4 nitrogen and oxygen atoms in total. The minimum atomic E-state index is -0.432. The Bertz CT molecular complexity index is 374. The van der Waals surface area contributed by atoms with Crippen LogP contribution in [0.1, 0.15) is 66.7 Å². The first kappa shape index (κ1) is 17.6. The van der Waals surface area contributed by atoms with Gasteiger partial charge in [-0.05, 0) is 57.8 Å². The van der Waals surface area contributed by atoms with Gasteiger partial charge in [-0.3, -0.25) is 0 Å². The van der Waals surface area contributed by atoms with Crippen molar-refractivity contribution >= 4 is 6.09 Å². The van der Waals surface area contributed by atoms with E-state index in [2.05, 4.69) is 24.5 Å². The summed E-state index contributed by atoms with van der Waals surface area (Å²) in [5, 5.41) is 6.80. The lowest BCUT2D eigenvalue weighted by Crippen LogP contribution is -2.50. The van der Waals surface area contributed by atoms with Crippen LogP contribution in [0, 0.1) is 17.8 Å². The van der Waals surface area contributed by atoms with Gasteiger partial charge in [0.1, 0.15) is 5.60 Å². The number of alkyl carbamates (subject to hydrolysis) is 1. The van der Waals surface area contributed by atoms with Crippen molar-refractivity contribution in [1.29, 1.82) is 0 Å². The summed E-state index contributed by atoms with van der Waals surface area (Å²) in [6, 6.07) is 0.796. The first-order valence-electron chi connectivity index (χ1n) is 8.99. The Morgan fingerprint density at radius 1 is 1.18 bits per heavy atom. The Kier molecular flexibility index (Phi) is 5.76. The number of hydrogen-bond donors (Lipinski definition) is 2. The minimum Gasteiger partial charge on any atom is -0.444 e. The van der Waals surface area contributed by atoms with E-state index in [-0.39, 0.29) is 12.1 Å². The molecular formula is C18H34N2O2. The molecule has 2 aliphatic carbocycles. The van der Waals surface area contributed by atoms with Gasteiger partial charge in [0.2, 0.25) is 0 Å². The Balaban J connectivity index is 1.81. The van der Waals surface area contributed by atoms with E-state index in [0.29, 0.717) is 12.0 Å². The molecule has 0 saturated heterocycles. The van der Waals surface area contributed by atoms with Gasteiger partial charge in [-0.1, -0.05) is 26.7 Å². The molecule has 4 unspecified atom stereocenters. The van der Waals surface area contributed by atoms with E-state index in [9.17, 15) is 4.79 Å². The maximum absolute atomic E-state index is 12.0. The van der Waals surface area contributed by atoms with Crippen LogP contribution in [-0.4, -0.2) is 30.3 Å². The van der Waals surface area contributed by atoms with Crippen LogP contribution in [0.15, 0.2) is 0 Å². The second-order valence-electron chi connectivity index (χ2n) is 8.37. The predicted octanol–water partition coefficient (Wildman–Crippen LogP) is 3.70. The molecule has 0 aliphatic heterocycles. The van der Waals surface area contributed by atoms with Crippen molar-refractivity contribution < 1.29 is 9.53 Å². The predicted molar refractivity (Wildman–Crippen MR) is 89.9 cm³/mol. The van der Waals surface area contributed by atoms with Crippen molar-refractivity contribution in [1.82, 2.24) is 10.6 Å². The summed E-state index contributed by atoms with van der Waals surface area (Å²) in [5.74, 6) is 2.14. The van der Waals surface area contributed by atoms with E-state index in [4.69, 9.17) is 4.74 Å². The Morgan fingerprint density at radius 2 is 1.86 bits per heavy atom. The molecule has 0 bridgehead atoms. The van der Waals surface area contributed by atoms with Crippen molar-refractivity contribution in [2.45, 2.75) is 84.4 Å². The quantitative estimate of drug-likeness (QED) is 0.814. The van der Waals surface area contributed by atoms with Gasteiger partial charge >= 0.3 is 6.09 Å². The Morgan fingerprint density at radius 3 is 2.45 bits per heavy atom. The summed E-state index contributed by atoms with van der Waals surface area (Å²) in [6.45, 7) is 11.3. The molecule has 0 radical (unpaired) electrons. The summed E-state index contributed by atoms with van der Waals surface area (Å²) >= 11 is 0. The van der Waals surface area contributed by atoms with Crippen LogP contribution in [0.5, 0.6) is 0 Å². The van der Waals surface area contributed by atoms with Gasteiger partial charge in [-0.2, -0.15) is 0 Å². The molecule has 1 amide bonds. The van der Waals surface area contributed by atoms with Crippen molar-refractivity contribution in [3.05, 3.63) is 0 Å². The van der Waals surface area contributed by atoms with Gasteiger partial charge in [0, 0.05) is 18.6 Å². The second kappa shape index (κ2) is 7.20. The molecule has 2 fully saturated rings. The SMILES string of the molecule is CC1CCCC(NCC(NC(=O)OC(C)(C)C)C2CC2)C1C. The van der Waals surface area contributed by atoms with Crippen molar-refractivity contribution in [3.63, 3.8) is 0 Å². The van der Waals surface area contributed by atoms with E-state index >= 15 is 0 Å². The molecule has 2 rings (SSSR count). The van der Waals surface area contributed by atoms with Crippen LogP contribution in [0.25, 0.3) is 0 Å². The van der Waals surface area contributed by atoms with Crippen LogP contribution in [-0.2, 0) is 4.74 Å². The summed E-state index contributed by atoms with van der Waals surface area (Å²) in [6.07, 6.45) is 6.09. The number of carbonyl (C=O) groups is 1. The first-order valence-corrected chi connectivity index (χ1v) is 8.99. The molecule has 22 heavy (non-hydrogen) atoms. The summed E-state index contributed by atoms with van der Waals surface area (Å²) < 4.78 is 5.40. The maximum Gasteiger partial charge on any atom is 0.407 e. The Labute approximate surface area is 135 Å². The third-order valence-corrected chi connectivity index (χ3v) is 5.20. The van der Waals surface area contributed by atoms with Crippen molar-refractivity contribution in [2.24, 2.45) is 17.8 Å². The number of rotatable bonds is 5. The molecule has 128 valence electrons. The molecule has 4 atom stereocenters. The summed E-state index contributed by atoms with van der Waals surface area (Å²) in [7, 11) is 0. The van der Waals surface area contributed by atoms with E-state index in [1.807, 2.05) is 20.8 Å². The minimum absolute atomic E-state index is 0.208. The fraction of sp³-hybridized carbons (Fsp3) is 0.944. The fourth-order valence-electron chi connectivity index (χ4n) is 3.44. The first-order chi connectivity index (χ1) is 10.3. The maximum atomic E-state index is 12.0.